The van der Waals surface area contributed by atoms with Crippen LogP contribution in [0, 0.1) is 6.92 Å². The molecular weight excluding hydrogens is 270 g/mol. The van der Waals surface area contributed by atoms with E-state index in [4.69, 9.17) is 4.98 Å². The van der Waals surface area contributed by atoms with Crippen molar-refractivity contribution in [1.29, 1.82) is 0 Å². The second-order valence-corrected chi connectivity index (χ2v) is 4.85. The molecule has 3 nitrogen and oxygen atoms in total. The number of aryl methyl sites for hydroxylation is 1. The summed E-state index contributed by atoms with van der Waals surface area (Å²) in [5.41, 5.74) is 5.86. The molecule has 3 heteroatoms. The van der Waals surface area contributed by atoms with Crippen molar-refractivity contribution < 1.29 is 0 Å². The maximum atomic E-state index is 4.74. The first-order valence-electron chi connectivity index (χ1n) is 7.10. The number of aromatic nitrogens is 2. The van der Waals surface area contributed by atoms with Gasteiger partial charge in [0.2, 0.25) is 0 Å². The van der Waals surface area contributed by atoms with Crippen LogP contribution in [0.1, 0.15) is 17.0 Å². The third kappa shape index (κ3) is 2.93. The maximum Gasteiger partial charge on any atom is 0.138 e. The van der Waals surface area contributed by atoms with Crippen molar-refractivity contribution in [2.75, 3.05) is 7.05 Å². The zero-order valence-corrected chi connectivity index (χ0v) is 13.1. The summed E-state index contributed by atoms with van der Waals surface area (Å²) >= 11 is 0. The second kappa shape index (κ2) is 6.76. The highest BCUT2D eigenvalue weighted by molar-refractivity contribution is 5.70. The number of allylic oxidation sites excluding steroid dienone is 5. The summed E-state index contributed by atoms with van der Waals surface area (Å²) in [5, 5.41) is 3.21. The fourth-order valence-electron chi connectivity index (χ4n) is 2.30. The number of nitrogens with zero attached hydrogens (tertiary/aromatic N) is 2. The van der Waals surface area contributed by atoms with Crippen molar-refractivity contribution in [3.63, 3.8) is 0 Å². The molecule has 2 heterocycles. The van der Waals surface area contributed by atoms with Gasteiger partial charge in [-0.05, 0) is 36.3 Å². The summed E-state index contributed by atoms with van der Waals surface area (Å²) in [6.45, 7) is 13.4. The third-order valence-electron chi connectivity index (χ3n) is 3.51. The van der Waals surface area contributed by atoms with Crippen LogP contribution in [-0.2, 0) is 0 Å². The summed E-state index contributed by atoms with van der Waals surface area (Å²) < 4.78 is 2.07. The summed E-state index contributed by atoms with van der Waals surface area (Å²) in [6.07, 6.45) is 11.3. The van der Waals surface area contributed by atoms with Gasteiger partial charge in [-0.3, -0.25) is 0 Å². The number of rotatable bonds is 6. The molecule has 0 aliphatic heterocycles. The Kier molecular flexibility index (Phi) is 4.79. The monoisotopic (exact) mass is 291 g/mol. The van der Waals surface area contributed by atoms with E-state index in [0.717, 1.165) is 33.9 Å². The summed E-state index contributed by atoms with van der Waals surface area (Å²) in [7, 11) is 1.89. The van der Waals surface area contributed by atoms with Crippen LogP contribution in [0.3, 0.4) is 0 Å². The van der Waals surface area contributed by atoms with Crippen LogP contribution in [0.2, 0.25) is 0 Å². The molecule has 22 heavy (non-hydrogen) atoms. The van der Waals surface area contributed by atoms with Gasteiger partial charge in [0.1, 0.15) is 11.3 Å². The Hall–Kier alpha value is -2.81. The lowest BCUT2D eigenvalue weighted by Gasteiger charge is -2.06. The number of hydrogen-bond donors (Lipinski definition) is 1. The highest BCUT2D eigenvalue weighted by Crippen LogP contribution is 2.20. The first-order valence-corrected chi connectivity index (χ1v) is 7.10. The van der Waals surface area contributed by atoms with Gasteiger partial charge in [-0.25, -0.2) is 4.98 Å². The van der Waals surface area contributed by atoms with Crippen LogP contribution in [0.15, 0.2) is 67.9 Å². The molecule has 0 radical (unpaired) electrons. The van der Waals surface area contributed by atoms with E-state index < -0.39 is 0 Å². The van der Waals surface area contributed by atoms with Crippen molar-refractivity contribution in [3.8, 4) is 0 Å². The summed E-state index contributed by atoms with van der Waals surface area (Å²) in [4.78, 5) is 4.74. The molecule has 0 amide bonds. The van der Waals surface area contributed by atoms with Gasteiger partial charge in [-0.15, -0.1) is 0 Å². The van der Waals surface area contributed by atoms with E-state index >= 15 is 0 Å². The van der Waals surface area contributed by atoms with Crippen molar-refractivity contribution in [2.45, 2.75) is 6.92 Å². The minimum absolute atomic E-state index is 0.902. The molecule has 0 aromatic carbocycles. The van der Waals surface area contributed by atoms with Crippen molar-refractivity contribution in [3.05, 3.63) is 84.9 Å². The minimum Gasteiger partial charge on any atom is -0.386 e. The Labute approximate surface area is 131 Å². The highest BCUT2D eigenvalue weighted by Gasteiger charge is 2.12. The number of hydrogen-bond acceptors (Lipinski definition) is 2. The van der Waals surface area contributed by atoms with Crippen LogP contribution in [0.5, 0.6) is 0 Å². The van der Waals surface area contributed by atoms with Gasteiger partial charge in [-0.2, -0.15) is 0 Å². The average Bonchev–Trinajstić information content (AvgIpc) is 2.87. The van der Waals surface area contributed by atoms with Crippen LogP contribution < -0.4 is 5.32 Å². The molecule has 0 spiro atoms. The Bertz CT molecular complexity index is 788. The molecule has 2 rings (SSSR count). The predicted octanol–water partition coefficient (Wildman–Crippen LogP) is 4.14. The molecule has 112 valence electrons. The van der Waals surface area contributed by atoms with Gasteiger partial charge in [0.05, 0.1) is 5.70 Å². The van der Waals surface area contributed by atoms with E-state index in [1.807, 2.05) is 43.6 Å². The minimum atomic E-state index is 0.902. The lowest BCUT2D eigenvalue weighted by molar-refractivity contribution is 1.07. The van der Waals surface area contributed by atoms with Gasteiger partial charge >= 0.3 is 0 Å². The highest BCUT2D eigenvalue weighted by atomic mass is 15.0. The molecule has 0 aliphatic carbocycles. The molecule has 0 unspecified atom stereocenters. The Balaban J connectivity index is 2.60. The molecule has 1 N–H and O–H groups in total. The van der Waals surface area contributed by atoms with Crippen molar-refractivity contribution >= 4 is 17.4 Å². The Morgan fingerprint density at radius 3 is 2.68 bits per heavy atom. The third-order valence-corrected chi connectivity index (χ3v) is 3.51. The van der Waals surface area contributed by atoms with E-state index in [1.54, 1.807) is 12.2 Å². The molecule has 0 aliphatic rings. The quantitative estimate of drug-likeness (QED) is 0.810. The van der Waals surface area contributed by atoms with Crippen LogP contribution >= 0.6 is 0 Å². The molecule has 0 saturated heterocycles. The molecule has 0 fully saturated rings. The van der Waals surface area contributed by atoms with E-state index in [1.165, 1.54) is 0 Å². The van der Waals surface area contributed by atoms with Crippen LogP contribution in [-0.4, -0.2) is 16.4 Å². The van der Waals surface area contributed by atoms with E-state index in [9.17, 15) is 0 Å². The van der Waals surface area contributed by atoms with E-state index in [0.29, 0.717) is 0 Å². The molecule has 0 bridgehead atoms. The molecular formula is C19H21N3. The van der Waals surface area contributed by atoms with E-state index in [-0.39, 0.29) is 0 Å². The SMILES string of the molecule is C=C/C=C(C=C)/C=C(\NC)c1nc2cc(C=C)ccn2c1C. The molecule has 2 aromatic rings. The summed E-state index contributed by atoms with van der Waals surface area (Å²) in [5.74, 6) is 0. The smallest absolute Gasteiger partial charge is 0.138 e. The number of imidazole rings is 1. The normalized spacial score (nSPS) is 12.3. The number of nitrogens with one attached hydrogen (secondary N) is 1. The van der Waals surface area contributed by atoms with Crippen molar-refractivity contribution in [2.24, 2.45) is 0 Å². The van der Waals surface area contributed by atoms with Gasteiger partial charge in [0.25, 0.3) is 0 Å². The zero-order valence-electron chi connectivity index (χ0n) is 13.1. The topological polar surface area (TPSA) is 29.3 Å². The first-order chi connectivity index (χ1) is 10.6. The molecule has 0 atom stereocenters. The number of fused-ring (bicyclic) bond motifs is 1. The van der Waals surface area contributed by atoms with Gasteiger partial charge in [0.15, 0.2) is 0 Å². The van der Waals surface area contributed by atoms with Crippen LogP contribution in [0.25, 0.3) is 17.4 Å². The molecule has 0 saturated carbocycles. The maximum absolute atomic E-state index is 4.74. The second-order valence-electron chi connectivity index (χ2n) is 4.85. The van der Waals surface area contributed by atoms with Gasteiger partial charge in [0, 0.05) is 18.9 Å². The number of pyridine rings is 1. The fraction of sp³-hybridized carbons (Fsp3) is 0.105. The van der Waals surface area contributed by atoms with E-state index in [2.05, 4.69) is 36.4 Å². The summed E-state index contributed by atoms with van der Waals surface area (Å²) in [6, 6.07) is 4.04. The average molecular weight is 291 g/mol. The van der Waals surface area contributed by atoms with Gasteiger partial charge in [-0.1, -0.05) is 44.0 Å². The predicted molar refractivity (Wildman–Crippen MR) is 95.5 cm³/mol. The zero-order chi connectivity index (χ0) is 16.1. The first kappa shape index (κ1) is 15.6. The largest absolute Gasteiger partial charge is 0.386 e. The Morgan fingerprint density at radius 1 is 1.32 bits per heavy atom. The standard InChI is InChI=1S/C19H21N3/c1-6-9-15(7-2)12-17(20-5)19-14(4)22-11-10-16(8-3)13-18(22)21-19/h6-13,20H,1-3H2,4-5H3/b15-9+,17-12-. The lowest BCUT2D eigenvalue weighted by atomic mass is 10.1. The van der Waals surface area contributed by atoms with Crippen LogP contribution in [0.4, 0.5) is 0 Å². The fourth-order valence-corrected chi connectivity index (χ4v) is 2.30. The molecule has 2 aromatic heterocycles. The van der Waals surface area contributed by atoms with Gasteiger partial charge < -0.3 is 9.72 Å². The lowest BCUT2D eigenvalue weighted by Crippen LogP contribution is -2.06. The van der Waals surface area contributed by atoms with Crippen molar-refractivity contribution in [1.82, 2.24) is 14.7 Å². The Morgan fingerprint density at radius 2 is 2.09 bits per heavy atom.